The van der Waals surface area contributed by atoms with E-state index in [2.05, 4.69) is 0 Å². The van der Waals surface area contributed by atoms with Crippen molar-refractivity contribution in [2.45, 2.75) is 20.1 Å². The molecule has 1 heterocycles. The third-order valence-corrected chi connectivity index (χ3v) is 3.52. The van der Waals surface area contributed by atoms with Crippen molar-refractivity contribution in [1.82, 2.24) is 0 Å². The zero-order chi connectivity index (χ0) is 13.0. The Morgan fingerprint density at radius 1 is 1.33 bits per heavy atom. The van der Waals surface area contributed by atoms with E-state index < -0.39 is 5.97 Å². The third kappa shape index (κ3) is 3.18. The van der Waals surface area contributed by atoms with Gasteiger partial charge in [0, 0.05) is 4.88 Å². The van der Waals surface area contributed by atoms with Gasteiger partial charge in [0.2, 0.25) is 0 Å². The summed E-state index contributed by atoms with van der Waals surface area (Å²) in [5.74, 6) is -0.899. The van der Waals surface area contributed by atoms with Gasteiger partial charge in [-0.2, -0.15) is 0 Å². The van der Waals surface area contributed by atoms with Crippen molar-refractivity contribution in [1.29, 1.82) is 0 Å². The maximum absolute atomic E-state index is 10.8. The van der Waals surface area contributed by atoms with Crippen molar-refractivity contribution >= 4 is 17.3 Å². The molecule has 0 aliphatic heterocycles. The number of ether oxygens (including phenoxy) is 1. The van der Waals surface area contributed by atoms with Gasteiger partial charge in [-0.1, -0.05) is 12.1 Å². The van der Waals surface area contributed by atoms with Crippen molar-refractivity contribution in [2.75, 3.05) is 0 Å². The molecule has 2 aromatic rings. The van der Waals surface area contributed by atoms with Gasteiger partial charge in [0.15, 0.2) is 0 Å². The lowest BCUT2D eigenvalue weighted by atomic mass is 10.1. The molecule has 3 nitrogen and oxygen atoms in total. The maximum Gasteiger partial charge on any atom is 0.335 e. The number of rotatable bonds is 5. The Balaban J connectivity index is 1.95. The highest BCUT2D eigenvalue weighted by Crippen LogP contribution is 2.15. The van der Waals surface area contributed by atoms with Gasteiger partial charge < -0.3 is 9.84 Å². The Kier molecular flexibility index (Phi) is 4.12. The van der Waals surface area contributed by atoms with E-state index in [1.54, 1.807) is 23.5 Å². The molecule has 0 aliphatic rings. The minimum Gasteiger partial charge on any atom is -0.478 e. The van der Waals surface area contributed by atoms with E-state index in [1.165, 1.54) is 4.88 Å². The summed E-state index contributed by atoms with van der Waals surface area (Å²) in [7, 11) is 0. The number of carboxylic acid groups (broad SMARTS) is 1. The fourth-order valence-corrected chi connectivity index (χ4v) is 2.29. The van der Waals surface area contributed by atoms with Crippen LogP contribution >= 0.6 is 11.3 Å². The molecular weight excluding hydrogens is 248 g/mol. The van der Waals surface area contributed by atoms with Crippen LogP contribution in [0, 0.1) is 6.92 Å². The van der Waals surface area contributed by atoms with Crippen molar-refractivity contribution in [3.05, 3.63) is 57.3 Å². The highest BCUT2D eigenvalue weighted by Gasteiger charge is 2.05. The van der Waals surface area contributed by atoms with Crippen LogP contribution in [0.3, 0.4) is 0 Å². The summed E-state index contributed by atoms with van der Waals surface area (Å²) >= 11 is 1.67. The summed E-state index contributed by atoms with van der Waals surface area (Å²) in [6.07, 6.45) is 0. The molecule has 0 unspecified atom stereocenters. The van der Waals surface area contributed by atoms with E-state index in [-0.39, 0.29) is 0 Å². The Morgan fingerprint density at radius 2 is 2.17 bits per heavy atom. The average molecular weight is 262 g/mol. The molecule has 1 aromatic heterocycles. The molecule has 0 saturated heterocycles. The second-order valence-electron chi connectivity index (χ2n) is 4.02. The van der Waals surface area contributed by atoms with Gasteiger partial charge in [0.25, 0.3) is 0 Å². The fourth-order valence-electron chi connectivity index (χ4n) is 1.65. The molecule has 4 heteroatoms. The molecule has 0 spiro atoms. The molecule has 0 radical (unpaired) electrons. The number of aromatic carboxylic acids is 1. The normalized spacial score (nSPS) is 10.5. The molecule has 1 aromatic carbocycles. The lowest BCUT2D eigenvalue weighted by Crippen LogP contribution is -2.00. The van der Waals surface area contributed by atoms with Crippen LogP contribution in [0.5, 0.6) is 0 Å². The molecule has 0 atom stereocenters. The van der Waals surface area contributed by atoms with E-state index in [0.717, 1.165) is 11.1 Å². The highest BCUT2D eigenvalue weighted by molar-refractivity contribution is 7.09. The Morgan fingerprint density at radius 3 is 2.78 bits per heavy atom. The summed E-state index contributed by atoms with van der Waals surface area (Å²) < 4.78 is 5.61. The van der Waals surface area contributed by atoms with Gasteiger partial charge in [0.05, 0.1) is 18.8 Å². The minimum absolute atomic E-state index is 0.314. The Bertz CT molecular complexity index is 532. The molecule has 0 amide bonds. The third-order valence-electron chi connectivity index (χ3n) is 2.67. The molecule has 1 N–H and O–H groups in total. The van der Waals surface area contributed by atoms with Crippen LogP contribution in [0.2, 0.25) is 0 Å². The first-order valence-electron chi connectivity index (χ1n) is 5.60. The van der Waals surface area contributed by atoms with Gasteiger partial charge >= 0.3 is 5.97 Å². The van der Waals surface area contributed by atoms with Crippen LogP contribution < -0.4 is 0 Å². The topological polar surface area (TPSA) is 46.5 Å². The summed E-state index contributed by atoms with van der Waals surface area (Å²) in [4.78, 5) is 12.0. The van der Waals surface area contributed by atoms with Crippen LogP contribution in [0.15, 0.2) is 35.7 Å². The largest absolute Gasteiger partial charge is 0.478 e. The predicted octanol–water partition coefficient (Wildman–Crippen LogP) is 3.47. The summed E-state index contributed by atoms with van der Waals surface area (Å²) in [5, 5.41) is 10.9. The SMILES string of the molecule is Cc1cc(C(=O)O)ccc1COCc1cccs1. The first-order valence-corrected chi connectivity index (χ1v) is 6.48. The quantitative estimate of drug-likeness (QED) is 0.897. The number of aryl methyl sites for hydroxylation is 1. The van der Waals surface area contributed by atoms with E-state index in [1.807, 2.05) is 30.5 Å². The van der Waals surface area contributed by atoms with Gasteiger partial charge in [-0.25, -0.2) is 4.79 Å². The van der Waals surface area contributed by atoms with Crippen molar-refractivity contribution in [2.24, 2.45) is 0 Å². The first-order chi connectivity index (χ1) is 8.66. The maximum atomic E-state index is 10.8. The van der Waals surface area contributed by atoms with Crippen molar-refractivity contribution in [3.63, 3.8) is 0 Å². The predicted molar refractivity (Wildman–Crippen MR) is 71.0 cm³/mol. The lowest BCUT2D eigenvalue weighted by molar-refractivity contribution is 0.0696. The molecule has 18 heavy (non-hydrogen) atoms. The Hall–Kier alpha value is -1.65. The highest BCUT2D eigenvalue weighted by atomic mass is 32.1. The number of carboxylic acids is 1. The number of benzene rings is 1. The van der Waals surface area contributed by atoms with Crippen LogP contribution in [0.25, 0.3) is 0 Å². The van der Waals surface area contributed by atoms with Gasteiger partial charge in [-0.05, 0) is 41.6 Å². The monoisotopic (exact) mass is 262 g/mol. The number of hydrogen-bond donors (Lipinski definition) is 1. The van der Waals surface area contributed by atoms with Crippen molar-refractivity contribution < 1.29 is 14.6 Å². The van der Waals surface area contributed by atoms with Crippen LogP contribution in [0.4, 0.5) is 0 Å². The average Bonchev–Trinajstić information content (AvgIpc) is 2.84. The number of carbonyl (C=O) groups is 1. The zero-order valence-electron chi connectivity index (χ0n) is 10.1. The second-order valence-corrected chi connectivity index (χ2v) is 5.05. The van der Waals surface area contributed by atoms with Gasteiger partial charge in [-0.15, -0.1) is 11.3 Å². The standard InChI is InChI=1S/C14H14O3S/c1-10-7-11(14(15)16)4-5-12(10)8-17-9-13-3-2-6-18-13/h2-7H,8-9H2,1H3,(H,15,16). The van der Waals surface area contributed by atoms with E-state index >= 15 is 0 Å². The molecular formula is C14H14O3S. The number of hydrogen-bond acceptors (Lipinski definition) is 3. The summed E-state index contributed by atoms with van der Waals surface area (Å²) in [5.41, 5.74) is 2.28. The van der Waals surface area contributed by atoms with Crippen LogP contribution in [0.1, 0.15) is 26.4 Å². The van der Waals surface area contributed by atoms with Crippen LogP contribution in [-0.4, -0.2) is 11.1 Å². The first kappa shape index (κ1) is 12.8. The smallest absolute Gasteiger partial charge is 0.335 e. The molecule has 0 saturated carbocycles. The Labute approximate surface area is 110 Å². The zero-order valence-corrected chi connectivity index (χ0v) is 10.9. The van der Waals surface area contributed by atoms with Gasteiger partial charge in [-0.3, -0.25) is 0 Å². The summed E-state index contributed by atoms with van der Waals surface area (Å²) in [6, 6.07) is 9.12. The molecule has 0 fully saturated rings. The van der Waals surface area contributed by atoms with E-state index in [9.17, 15) is 4.79 Å². The lowest BCUT2D eigenvalue weighted by Gasteiger charge is -2.07. The number of thiophene rings is 1. The minimum atomic E-state index is -0.899. The van der Waals surface area contributed by atoms with Crippen LogP contribution in [-0.2, 0) is 18.0 Å². The van der Waals surface area contributed by atoms with Gasteiger partial charge in [0.1, 0.15) is 0 Å². The molecule has 0 aliphatic carbocycles. The second kappa shape index (κ2) is 5.80. The summed E-state index contributed by atoms with van der Waals surface area (Å²) in [6.45, 7) is 3.00. The molecule has 0 bridgehead atoms. The molecule has 94 valence electrons. The van der Waals surface area contributed by atoms with Crippen molar-refractivity contribution in [3.8, 4) is 0 Å². The van der Waals surface area contributed by atoms with E-state index in [4.69, 9.17) is 9.84 Å². The molecule has 2 rings (SSSR count). The fraction of sp³-hybridized carbons (Fsp3) is 0.214. The van der Waals surface area contributed by atoms with E-state index in [0.29, 0.717) is 18.8 Å².